The number of hydrogen-bond acceptors (Lipinski definition) is 4. The van der Waals surface area contributed by atoms with Gasteiger partial charge in [-0.3, -0.25) is 4.79 Å². The quantitative estimate of drug-likeness (QED) is 0.921. The molecule has 0 atom stereocenters. The molecule has 0 saturated heterocycles. The average molecular weight is 263 g/mol. The summed E-state index contributed by atoms with van der Waals surface area (Å²) in [6.45, 7) is 1.88. The van der Waals surface area contributed by atoms with Gasteiger partial charge in [-0.05, 0) is 19.1 Å². The van der Waals surface area contributed by atoms with Crippen LogP contribution in [0.25, 0.3) is 10.4 Å². The Morgan fingerprint density at radius 1 is 1.44 bits per heavy atom. The van der Waals surface area contributed by atoms with Crippen molar-refractivity contribution in [2.75, 3.05) is 7.11 Å². The molecule has 0 unspecified atom stereocenters. The van der Waals surface area contributed by atoms with Crippen molar-refractivity contribution in [3.63, 3.8) is 0 Å². The molecule has 0 radical (unpaired) electrons. The van der Waals surface area contributed by atoms with Gasteiger partial charge >= 0.3 is 5.97 Å². The smallest absolute Gasteiger partial charge is 0.310 e. The van der Waals surface area contributed by atoms with E-state index in [1.807, 2.05) is 31.2 Å². The summed E-state index contributed by atoms with van der Waals surface area (Å²) >= 11 is 1.40. The molecular formula is C13H13NO3S. The highest BCUT2D eigenvalue weighted by Gasteiger charge is 2.14. The fourth-order valence-corrected chi connectivity index (χ4v) is 2.83. The number of hydrogen-bond donors (Lipinski definition) is 1. The summed E-state index contributed by atoms with van der Waals surface area (Å²) in [4.78, 5) is 15.9. The number of methoxy groups -OCH3 is 1. The van der Waals surface area contributed by atoms with E-state index in [-0.39, 0.29) is 6.42 Å². The molecule has 4 nitrogen and oxygen atoms in total. The average Bonchev–Trinajstić information content (AvgIpc) is 2.69. The molecule has 5 heteroatoms. The van der Waals surface area contributed by atoms with Gasteiger partial charge in [-0.15, -0.1) is 11.3 Å². The van der Waals surface area contributed by atoms with Crippen LogP contribution in [0, 0.1) is 6.92 Å². The van der Waals surface area contributed by atoms with Gasteiger partial charge in [0, 0.05) is 5.56 Å². The van der Waals surface area contributed by atoms with E-state index in [2.05, 4.69) is 4.98 Å². The van der Waals surface area contributed by atoms with Crippen LogP contribution < -0.4 is 4.74 Å². The molecule has 0 bridgehead atoms. The molecule has 1 aromatic carbocycles. The lowest BCUT2D eigenvalue weighted by atomic mass is 10.1. The van der Waals surface area contributed by atoms with Crippen LogP contribution in [0.4, 0.5) is 0 Å². The molecule has 1 heterocycles. The zero-order chi connectivity index (χ0) is 13.1. The van der Waals surface area contributed by atoms with Crippen LogP contribution in [-0.2, 0) is 11.2 Å². The van der Waals surface area contributed by atoms with Crippen LogP contribution in [-0.4, -0.2) is 23.2 Å². The van der Waals surface area contributed by atoms with Crippen molar-refractivity contribution in [2.24, 2.45) is 0 Å². The van der Waals surface area contributed by atoms with Gasteiger partial charge in [-0.1, -0.05) is 12.1 Å². The molecule has 2 aromatic rings. The minimum atomic E-state index is -0.865. The van der Waals surface area contributed by atoms with Gasteiger partial charge in [0.2, 0.25) is 0 Å². The summed E-state index contributed by atoms with van der Waals surface area (Å²) in [5.74, 6) is -0.0959. The highest BCUT2D eigenvalue weighted by molar-refractivity contribution is 7.15. The van der Waals surface area contributed by atoms with E-state index >= 15 is 0 Å². The Morgan fingerprint density at radius 3 is 2.83 bits per heavy atom. The maximum Gasteiger partial charge on any atom is 0.310 e. The Kier molecular flexibility index (Phi) is 3.62. The number of benzene rings is 1. The highest BCUT2D eigenvalue weighted by Crippen LogP contribution is 2.36. The second kappa shape index (κ2) is 5.18. The monoisotopic (exact) mass is 263 g/mol. The fraction of sp³-hybridized carbons (Fsp3) is 0.231. The first-order valence-electron chi connectivity index (χ1n) is 5.43. The third-order valence-electron chi connectivity index (χ3n) is 2.49. The molecule has 0 aliphatic carbocycles. The number of para-hydroxylation sites is 1. The first-order valence-corrected chi connectivity index (χ1v) is 6.25. The van der Waals surface area contributed by atoms with Crippen LogP contribution >= 0.6 is 11.3 Å². The molecule has 0 spiro atoms. The number of rotatable bonds is 4. The van der Waals surface area contributed by atoms with E-state index in [0.29, 0.717) is 5.01 Å². The number of aromatic nitrogens is 1. The third kappa shape index (κ3) is 2.51. The van der Waals surface area contributed by atoms with Crippen molar-refractivity contribution in [2.45, 2.75) is 13.3 Å². The zero-order valence-corrected chi connectivity index (χ0v) is 11.0. The number of carbonyl (C=O) groups is 1. The number of aryl methyl sites for hydroxylation is 1. The number of carboxylic acid groups (broad SMARTS) is 1. The molecule has 1 N–H and O–H groups in total. The molecule has 18 heavy (non-hydrogen) atoms. The summed E-state index contributed by atoms with van der Waals surface area (Å²) in [6.07, 6.45) is -0.0410. The lowest BCUT2D eigenvalue weighted by molar-refractivity contribution is -0.136. The van der Waals surface area contributed by atoms with E-state index in [4.69, 9.17) is 9.84 Å². The Bertz CT molecular complexity index is 577. The van der Waals surface area contributed by atoms with Gasteiger partial charge in [0.15, 0.2) is 0 Å². The summed E-state index contributed by atoms with van der Waals surface area (Å²) in [5.41, 5.74) is 1.78. The summed E-state index contributed by atoms with van der Waals surface area (Å²) in [6, 6.07) is 7.65. The van der Waals surface area contributed by atoms with Crippen LogP contribution in [0.5, 0.6) is 5.75 Å². The molecule has 0 amide bonds. The Labute approximate surface area is 109 Å². The highest BCUT2D eigenvalue weighted by atomic mass is 32.1. The van der Waals surface area contributed by atoms with E-state index < -0.39 is 5.97 Å². The number of nitrogens with zero attached hydrogens (tertiary/aromatic N) is 1. The number of carboxylic acids is 1. The van der Waals surface area contributed by atoms with Gasteiger partial charge in [-0.2, -0.15) is 0 Å². The maximum absolute atomic E-state index is 10.7. The minimum absolute atomic E-state index is 0.0410. The molecule has 0 aliphatic rings. The van der Waals surface area contributed by atoms with Gasteiger partial charge in [-0.25, -0.2) is 4.98 Å². The standard InChI is InChI=1S/C13H13NO3S/c1-8-13(18-11(14-8)7-12(15)16)9-5-3-4-6-10(9)17-2/h3-6H,7H2,1-2H3,(H,15,16). The lowest BCUT2D eigenvalue weighted by Gasteiger charge is -2.06. The van der Waals surface area contributed by atoms with Crippen molar-refractivity contribution in [1.82, 2.24) is 4.98 Å². The summed E-state index contributed by atoms with van der Waals surface area (Å²) in [7, 11) is 1.62. The predicted octanol–water partition coefficient (Wildman–Crippen LogP) is 2.75. The molecule has 0 aliphatic heterocycles. The van der Waals surface area contributed by atoms with Gasteiger partial charge in [0.1, 0.15) is 10.8 Å². The number of thiazole rings is 1. The normalized spacial score (nSPS) is 10.3. The second-order valence-electron chi connectivity index (χ2n) is 3.79. The molecule has 1 aromatic heterocycles. The Morgan fingerprint density at radius 2 is 2.17 bits per heavy atom. The lowest BCUT2D eigenvalue weighted by Crippen LogP contribution is -1.98. The fourth-order valence-electron chi connectivity index (χ4n) is 1.74. The SMILES string of the molecule is COc1ccccc1-c1sc(CC(=O)O)nc1C. The summed E-state index contributed by atoms with van der Waals surface area (Å²) in [5, 5.41) is 9.39. The number of ether oxygens (including phenoxy) is 1. The Hall–Kier alpha value is -1.88. The first kappa shape index (κ1) is 12.6. The third-order valence-corrected chi connectivity index (χ3v) is 3.69. The van der Waals surface area contributed by atoms with Crippen LogP contribution in [0.3, 0.4) is 0 Å². The molecule has 0 saturated carbocycles. The molecular weight excluding hydrogens is 250 g/mol. The van der Waals surface area contributed by atoms with Crippen LogP contribution in [0.1, 0.15) is 10.7 Å². The molecule has 2 rings (SSSR count). The first-order chi connectivity index (χ1) is 8.61. The van der Waals surface area contributed by atoms with Crippen molar-refractivity contribution in [3.8, 4) is 16.2 Å². The number of aliphatic carboxylic acids is 1. The van der Waals surface area contributed by atoms with Gasteiger partial charge in [0.05, 0.1) is 24.1 Å². The van der Waals surface area contributed by atoms with Gasteiger partial charge in [0.25, 0.3) is 0 Å². The predicted molar refractivity (Wildman–Crippen MR) is 70.2 cm³/mol. The van der Waals surface area contributed by atoms with Crippen molar-refractivity contribution < 1.29 is 14.6 Å². The van der Waals surface area contributed by atoms with E-state index in [9.17, 15) is 4.79 Å². The maximum atomic E-state index is 10.7. The van der Waals surface area contributed by atoms with Crippen molar-refractivity contribution in [1.29, 1.82) is 0 Å². The minimum Gasteiger partial charge on any atom is -0.496 e. The zero-order valence-electron chi connectivity index (χ0n) is 10.1. The van der Waals surface area contributed by atoms with Crippen LogP contribution in [0.15, 0.2) is 24.3 Å². The largest absolute Gasteiger partial charge is 0.496 e. The van der Waals surface area contributed by atoms with Crippen LogP contribution in [0.2, 0.25) is 0 Å². The van der Waals surface area contributed by atoms with E-state index in [0.717, 1.165) is 21.9 Å². The van der Waals surface area contributed by atoms with Crippen molar-refractivity contribution in [3.05, 3.63) is 35.0 Å². The summed E-state index contributed by atoms with van der Waals surface area (Å²) < 4.78 is 5.31. The van der Waals surface area contributed by atoms with Gasteiger partial charge < -0.3 is 9.84 Å². The Balaban J connectivity index is 2.44. The molecule has 94 valence electrons. The molecule has 0 fully saturated rings. The van der Waals surface area contributed by atoms with E-state index in [1.54, 1.807) is 7.11 Å². The van der Waals surface area contributed by atoms with Crippen molar-refractivity contribution >= 4 is 17.3 Å². The van der Waals surface area contributed by atoms with E-state index in [1.165, 1.54) is 11.3 Å². The topological polar surface area (TPSA) is 59.4 Å². The second-order valence-corrected chi connectivity index (χ2v) is 4.88.